The average molecular weight is 646 g/mol. The van der Waals surface area contributed by atoms with Crippen molar-refractivity contribution in [1.82, 2.24) is 0 Å². The van der Waals surface area contributed by atoms with Gasteiger partial charge in [0.05, 0.1) is 24.9 Å². The van der Waals surface area contributed by atoms with Crippen LogP contribution in [0.15, 0.2) is 0 Å². The van der Waals surface area contributed by atoms with E-state index in [-0.39, 0.29) is 29.6 Å². The van der Waals surface area contributed by atoms with E-state index in [1.165, 1.54) is 6.42 Å². The van der Waals surface area contributed by atoms with Crippen molar-refractivity contribution in [3.05, 3.63) is 0 Å². The van der Waals surface area contributed by atoms with Gasteiger partial charge in [-0.15, -0.1) is 0 Å². The lowest BCUT2D eigenvalue weighted by Gasteiger charge is -2.65. The molecule has 258 valence electrons. The van der Waals surface area contributed by atoms with E-state index in [1.807, 2.05) is 0 Å². The molecule has 0 radical (unpaired) electrons. The topological polar surface area (TPSA) is 169 Å². The van der Waals surface area contributed by atoms with Gasteiger partial charge in [0.2, 0.25) is 0 Å². The normalized spacial score (nSPS) is 39.4. The van der Waals surface area contributed by atoms with Crippen LogP contribution in [0.3, 0.4) is 0 Å². The van der Waals surface area contributed by atoms with Crippen molar-refractivity contribution in [3.8, 4) is 0 Å². The molecule has 0 heterocycles. The highest BCUT2D eigenvalue weighted by Crippen LogP contribution is 2.69. The van der Waals surface area contributed by atoms with Crippen LogP contribution >= 0.6 is 0 Å². The molecule has 7 N–H and O–H groups in total. The summed E-state index contributed by atoms with van der Waals surface area (Å²) in [6, 6.07) is 0. The van der Waals surface area contributed by atoms with E-state index in [4.69, 9.17) is 36.0 Å². The van der Waals surface area contributed by atoms with Crippen LogP contribution in [0.2, 0.25) is 0 Å². The summed E-state index contributed by atoms with van der Waals surface area (Å²) < 4.78 is 55.8. The van der Waals surface area contributed by atoms with Crippen molar-refractivity contribution in [2.45, 2.75) is 116 Å². The lowest BCUT2D eigenvalue weighted by Crippen LogP contribution is -2.63. The van der Waals surface area contributed by atoms with Gasteiger partial charge in [0.1, 0.15) is 0 Å². The van der Waals surface area contributed by atoms with E-state index in [0.717, 1.165) is 70.8 Å². The molecule has 4 fully saturated rings. The van der Waals surface area contributed by atoms with Crippen molar-refractivity contribution in [3.63, 3.8) is 0 Å². The Balaban J connectivity index is 1.60. The molecule has 4 saturated carbocycles. The van der Waals surface area contributed by atoms with Crippen molar-refractivity contribution in [1.29, 1.82) is 0 Å². The molecule has 10 nitrogen and oxygen atoms in total. The van der Waals surface area contributed by atoms with Crippen LogP contribution < -0.4 is 17.2 Å². The lowest BCUT2D eigenvalue weighted by atomic mass is 9.43. The molecule has 11 heteroatoms. The first-order valence-electron chi connectivity index (χ1n) is 17.6. The molecule has 4 rings (SSSR count). The number of hydrogen-bond donors (Lipinski definition) is 4. The Kier molecular flexibility index (Phi) is 13.4. The predicted octanol–water partition coefficient (Wildman–Crippen LogP) is 4.30. The SMILES string of the molecule is C[C@H](CCCOS(=O)(=O)O)[C@H]1CC[C@H]2[C@@H]3[C@H](OCCCN)C[C@@H]4C[C@H](OCCCN)CC[C@]4(C)[C@H]3C[C@H](OCCCN)[C@]12C. The molecule has 0 unspecified atom stereocenters. The first kappa shape index (κ1) is 36.5. The minimum absolute atomic E-state index is 0.00486. The zero-order valence-electron chi connectivity index (χ0n) is 27.7. The van der Waals surface area contributed by atoms with E-state index in [2.05, 4.69) is 25.0 Å². The van der Waals surface area contributed by atoms with Gasteiger partial charge >= 0.3 is 10.4 Å². The number of fused-ring (bicyclic) bond motifs is 5. The molecule has 0 aromatic heterocycles. The van der Waals surface area contributed by atoms with Crippen LogP contribution in [0.1, 0.15) is 97.8 Å². The van der Waals surface area contributed by atoms with E-state index in [0.29, 0.717) is 80.9 Å². The van der Waals surface area contributed by atoms with Crippen LogP contribution in [0.4, 0.5) is 0 Å². The van der Waals surface area contributed by atoms with Gasteiger partial charge in [-0.25, -0.2) is 4.18 Å². The van der Waals surface area contributed by atoms with Crippen LogP contribution in [0, 0.1) is 46.3 Å². The summed E-state index contributed by atoms with van der Waals surface area (Å²) in [5.74, 6) is 2.86. The maximum atomic E-state index is 11.1. The molecule has 0 aromatic carbocycles. The van der Waals surface area contributed by atoms with Crippen molar-refractivity contribution < 1.29 is 31.4 Å². The van der Waals surface area contributed by atoms with Gasteiger partial charge < -0.3 is 31.4 Å². The molecule has 44 heavy (non-hydrogen) atoms. The molecule has 4 aliphatic carbocycles. The standard InChI is InChI=1S/C33H63N3O7S/c1-23(8-4-19-43-44(37,38)39)26-9-10-27-31-28(22-30(33(26,27)3)42-18-7-15-36)32(2)12-11-25(40-16-5-13-34)20-24(32)21-29(31)41-17-6-14-35/h23-31H,4-22,34-36H2,1-3H3,(H,37,38,39)/t23-,24+,25-,26-,27+,28+,29-,30+,31+,32+,33-/m1/s1. The summed E-state index contributed by atoms with van der Waals surface area (Å²) in [6.07, 6.45) is 12.5. The fraction of sp³-hybridized carbons (Fsp3) is 1.00. The van der Waals surface area contributed by atoms with Crippen molar-refractivity contribution >= 4 is 10.4 Å². The van der Waals surface area contributed by atoms with Gasteiger partial charge in [-0.1, -0.05) is 20.8 Å². The summed E-state index contributed by atoms with van der Waals surface area (Å²) in [7, 11) is -4.41. The molecule has 11 atom stereocenters. The largest absolute Gasteiger partial charge is 0.397 e. The van der Waals surface area contributed by atoms with Crippen LogP contribution in [-0.2, 0) is 28.8 Å². The summed E-state index contributed by atoms with van der Waals surface area (Å²) in [5, 5.41) is 0. The van der Waals surface area contributed by atoms with Crippen molar-refractivity contribution in [2.24, 2.45) is 63.5 Å². The maximum Gasteiger partial charge on any atom is 0.397 e. The van der Waals surface area contributed by atoms with Crippen molar-refractivity contribution in [2.75, 3.05) is 46.1 Å². The van der Waals surface area contributed by atoms with Crippen LogP contribution in [0.25, 0.3) is 0 Å². The maximum absolute atomic E-state index is 11.1. The van der Waals surface area contributed by atoms with Crippen LogP contribution in [-0.4, -0.2) is 77.3 Å². The summed E-state index contributed by atoms with van der Waals surface area (Å²) in [5.41, 5.74) is 17.8. The number of hydrogen-bond acceptors (Lipinski definition) is 9. The Labute approximate surface area is 267 Å². The fourth-order valence-corrected chi connectivity index (χ4v) is 10.7. The number of rotatable bonds is 18. The molecular weight excluding hydrogens is 582 g/mol. The number of nitrogens with two attached hydrogens (primary N) is 3. The Morgan fingerprint density at radius 2 is 1.48 bits per heavy atom. The van der Waals surface area contributed by atoms with Gasteiger partial charge in [0, 0.05) is 25.2 Å². The molecule has 0 spiro atoms. The van der Waals surface area contributed by atoms with Gasteiger partial charge in [-0.2, -0.15) is 8.42 Å². The van der Waals surface area contributed by atoms with E-state index < -0.39 is 10.4 Å². The second-order valence-electron chi connectivity index (χ2n) is 14.8. The zero-order valence-corrected chi connectivity index (χ0v) is 28.5. The highest BCUT2D eigenvalue weighted by Gasteiger charge is 2.66. The fourth-order valence-electron chi connectivity index (χ4n) is 10.4. The summed E-state index contributed by atoms with van der Waals surface area (Å²) in [4.78, 5) is 0. The third kappa shape index (κ3) is 8.19. The Morgan fingerprint density at radius 3 is 2.14 bits per heavy atom. The lowest BCUT2D eigenvalue weighted by molar-refractivity contribution is -0.227. The van der Waals surface area contributed by atoms with Gasteiger partial charge in [0.15, 0.2) is 0 Å². The predicted molar refractivity (Wildman–Crippen MR) is 172 cm³/mol. The first-order chi connectivity index (χ1) is 21.0. The smallest absolute Gasteiger partial charge is 0.378 e. The molecule has 0 aliphatic heterocycles. The van der Waals surface area contributed by atoms with E-state index >= 15 is 0 Å². The van der Waals surface area contributed by atoms with Gasteiger partial charge in [-0.05, 0) is 138 Å². The monoisotopic (exact) mass is 645 g/mol. The molecule has 0 aromatic rings. The zero-order chi connectivity index (χ0) is 32.0. The second kappa shape index (κ2) is 16.2. The molecule has 0 saturated heterocycles. The minimum Gasteiger partial charge on any atom is -0.378 e. The highest BCUT2D eigenvalue weighted by atomic mass is 32.3. The summed E-state index contributed by atoms with van der Waals surface area (Å²) in [6.45, 7) is 11.4. The first-order valence-corrected chi connectivity index (χ1v) is 18.9. The summed E-state index contributed by atoms with van der Waals surface area (Å²) >= 11 is 0. The molecule has 0 bridgehead atoms. The third-order valence-electron chi connectivity index (χ3n) is 12.5. The minimum atomic E-state index is -4.41. The Hall–Kier alpha value is -0.370. The molecule has 4 aliphatic rings. The quantitative estimate of drug-likeness (QED) is 0.125. The van der Waals surface area contributed by atoms with E-state index in [9.17, 15) is 8.42 Å². The Bertz CT molecular complexity index is 988. The average Bonchev–Trinajstić information content (AvgIpc) is 3.34. The third-order valence-corrected chi connectivity index (χ3v) is 13.0. The Morgan fingerprint density at radius 1 is 0.818 bits per heavy atom. The van der Waals surface area contributed by atoms with Crippen LogP contribution in [0.5, 0.6) is 0 Å². The van der Waals surface area contributed by atoms with Gasteiger partial charge in [-0.3, -0.25) is 4.55 Å². The van der Waals surface area contributed by atoms with E-state index in [1.54, 1.807) is 0 Å². The highest BCUT2D eigenvalue weighted by molar-refractivity contribution is 7.80. The molecule has 0 amide bonds. The number of ether oxygens (including phenoxy) is 3. The van der Waals surface area contributed by atoms with Gasteiger partial charge in [0.25, 0.3) is 0 Å². The molecular formula is C33H63N3O7S. The second-order valence-corrected chi connectivity index (χ2v) is 15.9.